The van der Waals surface area contributed by atoms with E-state index in [0.717, 1.165) is 21.8 Å². The predicted octanol–water partition coefficient (Wildman–Crippen LogP) is 2.08. The minimum Gasteiger partial charge on any atom is -0.354 e. The van der Waals surface area contributed by atoms with Crippen molar-refractivity contribution < 1.29 is 4.79 Å². The molecule has 5 nitrogen and oxygen atoms in total. The monoisotopic (exact) mass is 324 g/mol. The quantitative estimate of drug-likeness (QED) is 0.651. The summed E-state index contributed by atoms with van der Waals surface area (Å²) in [5.74, 6) is 0.423. The number of nitrogens with zero attached hydrogens (tertiary/aromatic N) is 3. The largest absolute Gasteiger partial charge is 0.354 e. The Kier molecular flexibility index (Phi) is 5.55. The number of rotatable bonds is 6. The van der Waals surface area contributed by atoms with Crippen LogP contribution in [0.1, 0.15) is 10.4 Å². The highest BCUT2D eigenvalue weighted by Gasteiger charge is 2.13. The maximum Gasteiger partial charge on any atom is 0.230 e. The minimum absolute atomic E-state index is 0.0400. The lowest BCUT2D eigenvalue weighted by atomic mass is 10.2. The molecule has 0 unspecified atom stereocenters. The first-order valence-electron chi connectivity index (χ1n) is 6.74. The van der Waals surface area contributed by atoms with Gasteiger partial charge in [0.2, 0.25) is 5.91 Å². The van der Waals surface area contributed by atoms with Crippen molar-refractivity contribution in [3.05, 3.63) is 16.8 Å². The summed E-state index contributed by atoms with van der Waals surface area (Å²) in [4.78, 5) is 24.8. The predicted molar refractivity (Wildman–Crippen MR) is 89.2 cm³/mol. The van der Waals surface area contributed by atoms with Crippen molar-refractivity contribution in [2.75, 3.05) is 32.9 Å². The summed E-state index contributed by atoms with van der Waals surface area (Å²) in [6, 6.07) is 0. The number of hydrogen-bond donors (Lipinski definition) is 1. The van der Waals surface area contributed by atoms with Crippen LogP contribution in [0, 0.1) is 13.8 Å². The molecule has 2 heterocycles. The van der Waals surface area contributed by atoms with Gasteiger partial charge in [-0.1, -0.05) is 11.8 Å². The molecule has 0 spiro atoms. The third kappa shape index (κ3) is 4.15. The first-order chi connectivity index (χ1) is 9.99. The number of hydrogen-bond acceptors (Lipinski definition) is 6. The fourth-order valence-corrected chi connectivity index (χ4v) is 3.81. The van der Waals surface area contributed by atoms with Gasteiger partial charge in [-0.05, 0) is 33.5 Å². The van der Waals surface area contributed by atoms with Crippen LogP contribution < -0.4 is 5.32 Å². The lowest BCUT2D eigenvalue weighted by molar-refractivity contribution is -0.118. The average molecular weight is 324 g/mol. The summed E-state index contributed by atoms with van der Waals surface area (Å²) < 4.78 is 0. The van der Waals surface area contributed by atoms with Crippen LogP contribution in [0.2, 0.25) is 0 Å². The third-order valence-corrected chi connectivity index (χ3v) is 5.26. The molecule has 114 valence electrons. The molecule has 0 saturated heterocycles. The summed E-state index contributed by atoms with van der Waals surface area (Å²) in [5, 5.41) is 4.89. The molecule has 1 amide bonds. The lowest BCUT2D eigenvalue weighted by Crippen LogP contribution is -2.32. The molecule has 0 fully saturated rings. The van der Waals surface area contributed by atoms with E-state index in [1.54, 1.807) is 17.7 Å². The van der Waals surface area contributed by atoms with Crippen LogP contribution in [0.4, 0.5) is 0 Å². The molecule has 0 aromatic carbocycles. The standard InChI is InChI=1S/C14H20N4OS2/c1-9-10(2)21-14-12(9)13(16-8-17-14)20-7-11(19)15-5-6-18(3)4/h8H,5-7H2,1-4H3,(H,15,19). The number of amides is 1. The highest BCUT2D eigenvalue weighted by molar-refractivity contribution is 8.00. The van der Waals surface area contributed by atoms with Crippen molar-refractivity contribution in [3.8, 4) is 0 Å². The Balaban J connectivity index is 1.99. The highest BCUT2D eigenvalue weighted by Crippen LogP contribution is 2.34. The van der Waals surface area contributed by atoms with Crippen LogP contribution >= 0.6 is 23.1 Å². The number of carbonyl (C=O) groups excluding carboxylic acids is 1. The number of aryl methyl sites for hydroxylation is 2. The van der Waals surface area contributed by atoms with Crippen LogP contribution in [0.5, 0.6) is 0 Å². The Morgan fingerprint density at radius 1 is 1.38 bits per heavy atom. The van der Waals surface area contributed by atoms with Crippen molar-refractivity contribution in [1.29, 1.82) is 0 Å². The zero-order valence-corrected chi connectivity index (χ0v) is 14.4. The van der Waals surface area contributed by atoms with E-state index < -0.39 is 0 Å². The number of aromatic nitrogens is 2. The molecule has 2 aromatic rings. The number of fused-ring (bicyclic) bond motifs is 1. The van der Waals surface area contributed by atoms with Gasteiger partial charge in [-0.25, -0.2) is 9.97 Å². The van der Waals surface area contributed by atoms with Gasteiger partial charge < -0.3 is 10.2 Å². The van der Waals surface area contributed by atoms with Gasteiger partial charge in [-0.15, -0.1) is 11.3 Å². The second-order valence-electron chi connectivity index (χ2n) is 5.08. The molecule has 0 saturated carbocycles. The molecule has 21 heavy (non-hydrogen) atoms. The van der Waals surface area contributed by atoms with Crippen molar-refractivity contribution in [2.24, 2.45) is 0 Å². The molecule has 2 aromatic heterocycles. The molecule has 0 bridgehead atoms. The number of nitrogens with one attached hydrogen (secondary N) is 1. The van der Waals surface area contributed by atoms with Crippen LogP contribution in [0.3, 0.4) is 0 Å². The van der Waals surface area contributed by atoms with E-state index in [4.69, 9.17) is 0 Å². The molecular formula is C14H20N4OS2. The fraction of sp³-hybridized carbons (Fsp3) is 0.500. The van der Waals surface area contributed by atoms with E-state index >= 15 is 0 Å². The van der Waals surface area contributed by atoms with Crippen molar-refractivity contribution in [1.82, 2.24) is 20.2 Å². The molecule has 0 aliphatic heterocycles. The number of thiophene rings is 1. The van der Waals surface area contributed by atoms with Crippen LogP contribution in [-0.4, -0.2) is 53.7 Å². The maximum atomic E-state index is 11.8. The topological polar surface area (TPSA) is 58.1 Å². The second-order valence-corrected chi connectivity index (χ2v) is 7.25. The Labute approximate surface area is 133 Å². The summed E-state index contributed by atoms with van der Waals surface area (Å²) in [6.45, 7) is 5.68. The lowest BCUT2D eigenvalue weighted by Gasteiger charge is -2.10. The first kappa shape index (κ1) is 16.2. The SMILES string of the molecule is Cc1sc2ncnc(SCC(=O)NCCN(C)C)c2c1C. The average Bonchev–Trinajstić information content (AvgIpc) is 2.72. The van der Waals surface area contributed by atoms with E-state index in [9.17, 15) is 4.79 Å². The van der Waals surface area contributed by atoms with E-state index in [-0.39, 0.29) is 5.91 Å². The van der Waals surface area contributed by atoms with Crippen LogP contribution in [0.25, 0.3) is 10.2 Å². The van der Waals surface area contributed by atoms with Gasteiger partial charge >= 0.3 is 0 Å². The highest BCUT2D eigenvalue weighted by atomic mass is 32.2. The summed E-state index contributed by atoms with van der Waals surface area (Å²) in [6.07, 6.45) is 1.57. The van der Waals surface area contributed by atoms with Crippen molar-refractivity contribution >= 4 is 39.2 Å². The van der Waals surface area contributed by atoms with E-state index in [1.807, 2.05) is 19.0 Å². The van der Waals surface area contributed by atoms with E-state index in [1.165, 1.54) is 22.2 Å². The zero-order valence-electron chi connectivity index (χ0n) is 12.8. The molecular weight excluding hydrogens is 304 g/mol. The number of carbonyl (C=O) groups is 1. The number of likely N-dealkylation sites (N-methyl/N-ethyl adjacent to an activating group) is 1. The van der Waals surface area contributed by atoms with Gasteiger partial charge in [-0.3, -0.25) is 4.79 Å². The molecule has 0 aliphatic rings. The molecule has 1 N–H and O–H groups in total. The van der Waals surface area contributed by atoms with Gasteiger partial charge in [0.1, 0.15) is 16.2 Å². The summed E-state index contributed by atoms with van der Waals surface area (Å²) in [5.41, 5.74) is 1.21. The van der Waals surface area contributed by atoms with E-state index in [2.05, 4.69) is 29.1 Å². The molecule has 7 heteroatoms. The second kappa shape index (κ2) is 7.20. The van der Waals surface area contributed by atoms with Crippen molar-refractivity contribution in [3.63, 3.8) is 0 Å². The molecule has 0 radical (unpaired) electrons. The van der Waals surface area contributed by atoms with Gasteiger partial charge in [0.15, 0.2) is 0 Å². The summed E-state index contributed by atoms with van der Waals surface area (Å²) in [7, 11) is 3.97. The first-order valence-corrected chi connectivity index (χ1v) is 8.54. The number of thioether (sulfide) groups is 1. The Morgan fingerprint density at radius 3 is 2.86 bits per heavy atom. The van der Waals surface area contributed by atoms with Gasteiger partial charge in [0.25, 0.3) is 0 Å². The third-order valence-electron chi connectivity index (χ3n) is 3.15. The van der Waals surface area contributed by atoms with Crippen LogP contribution in [0.15, 0.2) is 11.4 Å². The molecule has 2 rings (SSSR count). The van der Waals surface area contributed by atoms with Gasteiger partial charge in [0.05, 0.1) is 5.75 Å². The van der Waals surface area contributed by atoms with E-state index in [0.29, 0.717) is 12.3 Å². The Hall–Kier alpha value is -1.18. The van der Waals surface area contributed by atoms with Crippen LogP contribution in [-0.2, 0) is 4.79 Å². The van der Waals surface area contributed by atoms with Crippen molar-refractivity contribution in [2.45, 2.75) is 18.9 Å². The molecule has 0 aliphatic carbocycles. The Bertz CT molecular complexity index is 639. The summed E-state index contributed by atoms with van der Waals surface area (Å²) >= 11 is 3.15. The van der Waals surface area contributed by atoms with Gasteiger partial charge in [-0.2, -0.15) is 0 Å². The van der Waals surface area contributed by atoms with Gasteiger partial charge in [0, 0.05) is 23.4 Å². The minimum atomic E-state index is 0.0400. The molecule has 0 atom stereocenters. The zero-order chi connectivity index (χ0) is 15.4. The smallest absolute Gasteiger partial charge is 0.230 e. The Morgan fingerprint density at radius 2 is 2.14 bits per heavy atom. The fourth-order valence-electron chi connectivity index (χ4n) is 1.86. The maximum absolute atomic E-state index is 11.8. The normalized spacial score (nSPS) is 11.3.